The molecule has 1 saturated heterocycles. The van der Waals surface area contributed by atoms with Crippen LogP contribution in [-0.4, -0.2) is 68.6 Å². The second kappa shape index (κ2) is 10.1. The first kappa shape index (κ1) is 19.4. The summed E-state index contributed by atoms with van der Waals surface area (Å²) in [4.78, 5) is 16.9. The van der Waals surface area contributed by atoms with E-state index in [9.17, 15) is 4.79 Å². The first-order chi connectivity index (χ1) is 13.2. The van der Waals surface area contributed by atoms with E-state index in [1.165, 1.54) is 0 Å². The Labute approximate surface area is 161 Å². The summed E-state index contributed by atoms with van der Waals surface area (Å²) >= 11 is 0. The van der Waals surface area contributed by atoms with Crippen molar-refractivity contribution in [1.82, 2.24) is 15.1 Å². The molecule has 0 saturated carbocycles. The number of amides is 1. The average molecular weight is 367 g/mol. The number of nitrogens with one attached hydrogen (secondary N) is 1. The summed E-state index contributed by atoms with van der Waals surface area (Å²) in [6, 6.07) is 17.9. The number of para-hydroxylation sites is 1. The molecule has 1 aliphatic heterocycles. The molecule has 1 amide bonds. The van der Waals surface area contributed by atoms with Crippen molar-refractivity contribution in [2.45, 2.75) is 6.42 Å². The number of benzene rings is 2. The average Bonchev–Trinajstić information content (AvgIpc) is 2.72. The highest BCUT2D eigenvalue weighted by Crippen LogP contribution is 2.29. The number of carbonyl (C=O) groups is 1. The summed E-state index contributed by atoms with van der Waals surface area (Å²) < 4.78 is 5.78. The van der Waals surface area contributed by atoms with E-state index < -0.39 is 0 Å². The van der Waals surface area contributed by atoms with E-state index in [0.717, 1.165) is 56.0 Å². The molecule has 144 valence electrons. The standard InChI is InChI=1S/C22H29N3O2/c1-24-14-16-25(17-15-24)13-7-12-23-22(26)18-27-21-11-6-5-10-20(21)19-8-3-2-4-9-19/h2-6,8-11H,7,12-18H2,1H3,(H,23,26). The number of ether oxygens (including phenoxy) is 1. The molecule has 2 aromatic carbocycles. The van der Waals surface area contributed by atoms with Crippen LogP contribution in [0.15, 0.2) is 54.6 Å². The molecule has 0 aromatic heterocycles. The third-order valence-electron chi connectivity index (χ3n) is 4.90. The van der Waals surface area contributed by atoms with E-state index in [4.69, 9.17) is 4.74 Å². The van der Waals surface area contributed by atoms with E-state index in [0.29, 0.717) is 6.54 Å². The zero-order valence-electron chi connectivity index (χ0n) is 16.1. The molecule has 0 aliphatic carbocycles. The van der Waals surface area contributed by atoms with Gasteiger partial charge in [0.15, 0.2) is 6.61 Å². The Morgan fingerprint density at radius 1 is 1.00 bits per heavy atom. The van der Waals surface area contributed by atoms with Crippen molar-refractivity contribution < 1.29 is 9.53 Å². The van der Waals surface area contributed by atoms with Gasteiger partial charge in [0.25, 0.3) is 5.91 Å². The molecule has 0 atom stereocenters. The fourth-order valence-corrected chi connectivity index (χ4v) is 3.24. The van der Waals surface area contributed by atoms with Gasteiger partial charge in [-0.05, 0) is 31.6 Å². The van der Waals surface area contributed by atoms with Crippen LogP contribution in [0.5, 0.6) is 5.75 Å². The zero-order chi connectivity index (χ0) is 18.9. The molecule has 3 rings (SSSR count). The maximum Gasteiger partial charge on any atom is 0.257 e. The van der Waals surface area contributed by atoms with Crippen LogP contribution in [0.1, 0.15) is 6.42 Å². The normalized spacial score (nSPS) is 15.4. The van der Waals surface area contributed by atoms with Gasteiger partial charge < -0.3 is 19.9 Å². The van der Waals surface area contributed by atoms with E-state index in [1.807, 2.05) is 54.6 Å². The van der Waals surface area contributed by atoms with Gasteiger partial charge in [0.2, 0.25) is 0 Å². The SMILES string of the molecule is CN1CCN(CCCNC(=O)COc2ccccc2-c2ccccc2)CC1. The lowest BCUT2D eigenvalue weighted by atomic mass is 10.1. The van der Waals surface area contributed by atoms with E-state index in [1.54, 1.807) is 0 Å². The Morgan fingerprint density at radius 2 is 1.70 bits per heavy atom. The molecular formula is C22H29N3O2. The number of carbonyl (C=O) groups excluding carboxylic acids is 1. The molecule has 1 aliphatic rings. The fraction of sp³-hybridized carbons (Fsp3) is 0.409. The number of rotatable bonds is 8. The van der Waals surface area contributed by atoms with Crippen LogP contribution >= 0.6 is 0 Å². The van der Waals surface area contributed by atoms with Crippen molar-refractivity contribution in [2.75, 3.05) is 52.9 Å². The van der Waals surface area contributed by atoms with Gasteiger partial charge >= 0.3 is 0 Å². The number of piperazine rings is 1. The molecule has 1 heterocycles. The van der Waals surface area contributed by atoms with Crippen LogP contribution in [0.2, 0.25) is 0 Å². The van der Waals surface area contributed by atoms with Crippen LogP contribution in [0.25, 0.3) is 11.1 Å². The largest absolute Gasteiger partial charge is 0.483 e. The predicted octanol–water partition coefficient (Wildman–Crippen LogP) is 2.49. The lowest BCUT2D eigenvalue weighted by Crippen LogP contribution is -2.45. The second-order valence-electron chi connectivity index (χ2n) is 7.00. The Bertz CT molecular complexity index is 713. The highest BCUT2D eigenvalue weighted by atomic mass is 16.5. The van der Waals surface area contributed by atoms with Gasteiger partial charge in [0.1, 0.15) is 5.75 Å². The third kappa shape index (κ3) is 6.08. The Kier molecular flexibility index (Phi) is 7.25. The number of nitrogens with zero attached hydrogens (tertiary/aromatic N) is 2. The lowest BCUT2D eigenvalue weighted by molar-refractivity contribution is -0.123. The van der Waals surface area contributed by atoms with Crippen LogP contribution < -0.4 is 10.1 Å². The van der Waals surface area contributed by atoms with Gasteiger partial charge in [-0.25, -0.2) is 0 Å². The summed E-state index contributed by atoms with van der Waals surface area (Å²) in [6.45, 7) is 6.24. The summed E-state index contributed by atoms with van der Waals surface area (Å²) in [5, 5.41) is 2.96. The minimum absolute atomic E-state index is 0.0400. The van der Waals surface area contributed by atoms with E-state index >= 15 is 0 Å². The Hall–Kier alpha value is -2.37. The minimum atomic E-state index is -0.0729. The predicted molar refractivity (Wildman–Crippen MR) is 109 cm³/mol. The van der Waals surface area contributed by atoms with Crippen molar-refractivity contribution in [1.29, 1.82) is 0 Å². The highest BCUT2D eigenvalue weighted by Gasteiger charge is 2.13. The molecule has 0 bridgehead atoms. The molecule has 5 heteroatoms. The van der Waals surface area contributed by atoms with Crippen LogP contribution in [-0.2, 0) is 4.79 Å². The molecule has 27 heavy (non-hydrogen) atoms. The van der Waals surface area contributed by atoms with Crippen LogP contribution in [0, 0.1) is 0 Å². The quantitative estimate of drug-likeness (QED) is 0.728. The Morgan fingerprint density at radius 3 is 2.48 bits per heavy atom. The third-order valence-corrected chi connectivity index (χ3v) is 4.90. The number of hydrogen-bond acceptors (Lipinski definition) is 4. The molecule has 1 N–H and O–H groups in total. The summed E-state index contributed by atoms with van der Waals surface area (Å²) in [5.41, 5.74) is 2.08. The first-order valence-electron chi connectivity index (χ1n) is 9.67. The molecule has 2 aromatic rings. The van der Waals surface area contributed by atoms with E-state index in [-0.39, 0.29) is 12.5 Å². The van der Waals surface area contributed by atoms with E-state index in [2.05, 4.69) is 22.2 Å². The van der Waals surface area contributed by atoms with Crippen LogP contribution in [0.3, 0.4) is 0 Å². The second-order valence-corrected chi connectivity index (χ2v) is 7.00. The molecule has 1 fully saturated rings. The molecule has 0 radical (unpaired) electrons. The van der Waals surface area contributed by atoms with Gasteiger partial charge in [-0.2, -0.15) is 0 Å². The van der Waals surface area contributed by atoms with Crippen LogP contribution in [0.4, 0.5) is 0 Å². The fourth-order valence-electron chi connectivity index (χ4n) is 3.24. The van der Waals surface area contributed by atoms with Gasteiger partial charge in [0, 0.05) is 38.3 Å². The maximum absolute atomic E-state index is 12.1. The van der Waals surface area contributed by atoms with Crippen molar-refractivity contribution in [2.24, 2.45) is 0 Å². The smallest absolute Gasteiger partial charge is 0.257 e. The maximum atomic E-state index is 12.1. The Balaban J connectivity index is 1.40. The molecule has 5 nitrogen and oxygen atoms in total. The monoisotopic (exact) mass is 367 g/mol. The summed E-state index contributed by atoms with van der Waals surface area (Å²) in [5.74, 6) is 0.660. The van der Waals surface area contributed by atoms with Crippen molar-refractivity contribution in [3.63, 3.8) is 0 Å². The lowest BCUT2D eigenvalue weighted by Gasteiger charge is -2.32. The van der Waals surface area contributed by atoms with Gasteiger partial charge in [-0.15, -0.1) is 0 Å². The number of hydrogen-bond donors (Lipinski definition) is 1. The van der Waals surface area contributed by atoms with Gasteiger partial charge in [0.05, 0.1) is 0 Å². The first-order valence-corrected chi connectivity index (χ1v) is 9.67. The summed E-state index contributed by atoms with van der Waals surface area (Å²) in [6.07, 6.45) is 0.968. The molecular weight excluding hydrogens is 338 g/mol. The summed E-state index contributed by atoms with van der Waals surface area (Å²) in [7, 11) is 2.16. The molecule has 0 spiro atoms. The zero-order valence-corrected chi connectivity index (χ0v) is 16.1. The van der Waals surface area contributed by atoms with Gasteiger partial charge in [-0.3, -0.25) is 4.79 Å². The van der Waals surface area contributed by atoms with Crippen molar-refractivity contribution >= 4 is 5.91 Å². The van der Waals surface area contributed by atoms with Gasteiger partial charge in [-0.1, -0.05) is 48.5 Å². The molecule has 0 unspecified atom stereocenters. The number of likely N-dealkylation sites (N-methyl/N-ethyl adjacent to an activating group) is 1. The highest BCUT2D eigenvalue weighted by molar-refractivity contribution is 5.78. The van der Waals surface area contributed by atoms with Crippen molar-refractivity contribution in [3.8, 4) is 16.9 Å². The topological polar surface area (TPSA) is 44.8 Å². The minimum Gasteiger partial charge on any atom is -0.483 e. The van der Waals surface area contributed by atoms with Crippen molar-refractivity contribution in [3.05, 3.63) is 54.6 Å².